The molecule has 1 aliphatic carbocycles. The second kappa shape index (κ2) is 7.95. The molecular formula is C22H24N4O3. The number of amides is 4. The van der Waals surface area contributed by atoms with Crippen molar-refractivity contribution in [3.05, 3.63) is 60.7 Å². The SMILES string of the molecule is O=C(CN1C(=O)NC2(CCCCC2)C1=O)NN(c1ccccc1)c1ccccc1. The van der Waals surface area contributed by atoms with Crippen LogP contribution in [0.4, 0.5) is 16.2 Å². The van der Waals surface area contributed by atoms with Crippen LogP contribution in [0.5, 0.6) is 0 Å². The minimum absolute atomic E-state index is 0.289. The molecule has 7 heteroatoms. The van der Waals surface area contributed by atoms with E-state index >= 15 is 0 Å². The van der Waals surface area contributed by atoms with Gasteiger partial charge in [-0.15, -0.1) is 0 Å². The van der Waals surface area contributed by atoms with Gasteiger partial charge in [0.25, 0.3) is 11.8 Å². The van der Waals surface area contributed by atoms with Gasteiger partial charge in [-0.05, 0) is 37.1 Å². The van der Waals surface area contributed by atoms with E-state index in [0.717, 1.165) is 35.5 Å². The lowest BCUT2D eigenvalue weighted by Crippen LogP contribution is -2.49. The number of carbonyl (C=O) groups is 3. The summed E-state index contributed by atoms with van der Waals surface area (Å²) in [6.45, 7) is -0.317. The molecule has 1 saturated carbocycles. The molecule has 0 bridgehead atoms. The number of carbonyl (C=O) groups excluding carboxylic acids is 3. The van der Waals surface area contributed by atoms with Gasteiger partial charge < -0.3 is 5.32 Å². The van der Waals surface area contributed by atoms with E-state index in [9.17, 15) is 14.4 Å². The zero-order valence-electron chi connectivity index (χ0n) is 16.1. The Bertz CT molecular complexity index is 855. The summed E-state index contributed by atoms with van der Waals surface area (Å²) in [5, 5.41) is 4.48. The summed E-state index contributed by atoms with van der Waals surface area (Å²) in [5.74, 6) is -0.725. The topological polar surface area (TPSA) is 81.8 Å². The maximum Gasteiger partial charge on any atom is 0.325 e. The lowest BCUT2D eigenvalue weighted by atomic mass is 9.82. The van der Waals surface area contributed by atoms with Crippen LogP contribution in [0, 0.1) is 0 Å². The molecule has 7 nitrogen and oxygen atoms in total. The van der Waals surface area contributed by atoms with Crippen LogP contribution in [0.3, 0.4) is 0 Å². The fraction of sp³-hybridized carbons (Fsp3) is 0.318. The summed E-state index contributed by atoms with van der Waals surface area (Å²) in [5.41, 5.74) is 3.55. The van der Waals surface area contributed by atoms with Crippen LogP contribution in [0.25, 0.3) is 0 Å². The Morgan fingerprint density at radius 3 is 2.03 bits per heavy atom. The van der Waals surface area contributed by atoms with Gasteiger partial charge in [-0.1, -0.05) is 55.7 Å². The molecular weight excluding hydrogens is 368 g/mol. The summed E-state index contributed by atoms with van der Waals surface area (Å²) >= 11 is 0. The van der Waals surface area contributed by atoms with Crippen LogP contribution < -0.4 is 15.8 Å². The van der Waals surface area contributed by atoms with E-state index in [0.29, 0.717) is 12.8 Å². The second-order valence-electron chi connectivity index (χ2n) is 7.51. The lowest BCUT2D eigenvalue weighted by Gasteiger charge is -2.30. The normalized spacial score (nSPS) is 17.9. The summed E-state index contributed by atoms with van der Waals surface area (Å²) in [4.78, 5) is 39.2. The maximum absolute atomic E-state index is 12.9. The van der Waals surface area contributed by atoms with Gasteiger partial charge in [0.2, 0.25) is 0 Å². The van der Waals surface area contributed by atoms with E-state index in [-0.39, 0.29) is 12.5 Å². The largest absolute Gasteiger partial charge is 0.325 e. The molecule has 0 unspecified atom stereocenters. The first kappa shape index (κ1) is 19.0. The van der Waals surface area contributed by atoms with E-state index in [1.54, 1.807) is 5.01 Å². The Labute approximate surface area is 169 Å². The lowest BCUT2D eigenvalue weighted by molar-refractivity contribution is -0.135. The van der Waals surface area contributed by atoms with Gasteiger partial charge >= 0.3 is 6.03 Å². The van der Waals surface area contributed by atoms with E-state index in [2.05, 4.69) is 10.7 Å². The molecule has 4 amide bonds. The molecule has 4 rings (SSSR count). The van der Waals surface area contributed by atoms with Crippen LogP contribution in [-0.2, 0) is 9.59 Å². The van der Waals surface area contributed by atoms with Gasteiger partial charge in [-0.2, -0.15) is 0 Å². The third-order valence-electron chi connectivity index (χ3n) is 5.52. The van der Waals surface area contributed by atoms with Crippen molar-refractivity contribution >= 4 is 29.2 Å². The van der Waals surface area contributed by atoms with E-state index in [4.69, 9.17) is 0 Å². The highest BCUT2D eigenvalue weighted by Crippen LogP contribution is 2.33. The average Bonchev–Trinajstić information content (AvgIpc) is 2.97. The third-order valence-corrected chi connectivity index (χ3v) is 5.52. The van der Waals surface area contributed by atoms with E-state index in [1.807, 2.05) is 60.7 Å². The monoisotopic (exact) mass is 392 g/mol. The third kappa shape index (κ3) is 3.81. The molecule has 0 atom stereocenters. The first-order valence-electron chi connectivity index (χ1n) is 9.93. The molecule has 2 fully saturated rings. The molecule has 1 saturated heterocycles. The molecule has 0 radical (unpaired) electrons. The highest BCUT2D eigenvalue weighted by molar-refractivity contribution is 6.09. The molecule has 2 N–H and O–H groups in total. The number of nitrogens with zero attached hydrogens (tertiary/aromatic N) is 2. The van der Waals surface area contributed by atoms with E-state index in [1.165, 1.54) is 0 Å². The molecule has 150 valence electrons. The number of nitrogens with one attached hydrogen (secondary N) is 2. The number of benzene rings is 2. The van der Waals surface area contributed by atoms with Crippen LogP contribution in [0.15, 0.2) is 60.7 Å². The van der Waals surface area contributed by atoms with Crippen molar-refractivity contribution in [3.8, 4) is 0 Å². The Morgan fingerprint density at radius 2 is 1.48 bits per heavy atom. The van der Waals surface area contributed by atoms with Gasteiger partial charge in [0.1, 0.15) is 12.1 Å². The fourth-order valence-electron chi connectivity index (χ4n) is 4.05. The van der Waals surface area contributed by atoms with Crippen LogP contribution in [0.2, 0.25) is 0 Å². The Balaban J connectivity index is 1.50. The van der Waals surface area contributed by atoms with Gasteiger partial charge in [0.05, 0.1) is 11.4 Å². The highest BCUT2D eigenvalue weighted by atomic mass is 16.2. The summed E-state index contributed by atoms with van der Waals surface area (Å²) in [6.07, 6.45) is 4.14. The summed E-state index contributed by atoms with van der Waals surface area (Å²) in [7, 11) is 0. The summed E-state index contributed by atoms with van der Waals surface area (Å²) < 4.78 is 0. The smallest absolute Gasteiger partial charge is 0.323 e. The standard InChI is InChI=1S/C22H24N4O3/c27-19(16-25-20(28)22(23-21(25)29)14-8-3-9-15-22)24-26(17-10-4-1-5-11-17)18-12-6-2-7-13-18/h1-2,4-7,10-13H,3,8-9,14-16H2,(H,23,29)(H,24,27). The van der Waals surface area contributed by atoms with Crippen molar-refractivity contribution in [2.45, 2.75) is 37.6 Å². The maximum atomic E-state index is 12.9. The zero-order chi connectivity index (χ0) is 20.3. The Hall–Kier alpha value is -3.35. The molecule has 1 heterocycles. The molecule has 2 aromatic rings. The minimum Gasteiger partial charge on any atom is -0.323 e. The first-order chi connectivity index (χ1) is 14.1. The molecule has 0 aromatic heterocycles. The fourth-order valence-corrected chi connectivity index (χ4v) is 4.05. The molecule has 1 spiro atoms. The van der Waals surface area contributed by atoms with Crippen molar-refractivity contribution in [1.82, 2.24) is 15.6 Å². The summed E-state index contributed by atoms with van der Waals surface area (Å²) in [6, 6.07) is 18.3. The molecule has 1 aliphatic heterocycles. The predicted octanol–water partition coefficient (Wildman–Crippen LogP) is 3.11. The predicted molar refractivity (Wildman–Crippen MR) is 109 cm³/mol. The van der Waals surface area contributed by atoms with Gasteiger partial charge in [-0.3, -0.25) is 24.9 Å². The zero-order valence-corrected chi connectivity index (χ0v) is 16.1. The number of imide groups is 1. The molecule has 29 heavy (non-hydrogen) atoms. The number of para-hydroxylation sites is 2. The van der Waals surface area contributed by atoms with Gasteiger partial charge in [0.15, 0.2) is 0 Å². The molecule has 2 aliphatic rings. The quantitative estimate of drug-likeness (QED) is 0.605. The van der Waals surface area contributed by atoms with Crippen LogP contribution in [-0.4, -0.2) is 34.8 Å². The Morgan fingerprint density at radius 1 is 0.931 bits per heavy atom. The Kier molecular flexibility index (Phi) is 5.20. The number of urea groups is 1. The minimum atomic E-state index is -0.825. The molecule has 2 aromatic carbocycles. The number of rotatable bonds is 5. The number of hydrogen-bond acceptors (Lipinski definition) is 4. The highest BCUT2D eigenvalue weighted by Gasteiger charge is 2.51. The van der Waals surface area contributed by atoms with Gasteiger partial charge in [0, 0.05) is 0 Å². The number of hydrogen-bond donors (Lipinski definition) is 2. The van der Waals surface area contributed by atoms with Crippen LogP contribution in [0.1, 0.15) is 32.1 Å². The average molecular weight is 392 g/mol. The number of hydrazine groups is 1. The van der Waals surface area contributed by atoms with Crippen molar-refractivity contribution in [1.29, 1.82) is 0 Å². The second-order valence-corrected chi connectivity index (χ2v) is 7.51. The van der Waals surface area contributed by atoms with Crippen molar-refractivity contribution in [2.24, 2.45) is 0 Å². The van der Waals surface area contributed by atoms with Crippen molar-refractivity contribution in [2.75, 3.05) is 11.6 Å². The van der Waals surface area contributed by atoms with Gasteiger partial charge in [-0.25, -0.2) is 4.79 Å². The van der Waals surface area contributed by atoms with Crippen molar-refractivity contribution in [3.63, 3.8) is 0 Å². The van der Waals surface area contributed by atoms with E-state index < -0.39 is 17.5 Å². The number of anilines is 2. The van der Waals surface area contributed by atoms with Crippen molar-refractivity contribution < 1.29 is 14.4 Å². The van der Waals surface area contributed by atoms with Crippen LogP contribution >= 0.6 is 0 Å². The first-order valence-corrected chi connectivity index (χ1v) is 9.93.